The van der Waals surface area contributed by atoms with Crippen LogP contribution in [0.15, 0.2) is 27.4 Å². The Morgan fingerprint density at radius 1 is 1.32 bits per heavy atom. The van der Waals surface area contributed by atoms with Crippen LogP contribution in [0.4, 0.5) is 0 Å². The fraction of sp³-hybridized carbons (Fsp3) is 0.533. The monoisotopic (exact) mass is 262 g/mol. The molecule has 0 aliphatic heterocycles. The Morgan fingerprint density at radius 2 is 2.11 bits per heavy atom. The van der Waals surface area contributed by atoms with E-state index in [0.29, 0.717) is 17.5 Å². The van der Waals surface area contributed by atoms with Crippen LogP contribution in [-0.4, -0.2) is 11.5 Å². The second-order valence-corrected chi connectivity index (χ2v) is 5.35. The van der Waals surface area contributed by atoms with Crippen LogP contribution in [0.3, 0.4) is 0 Å². The molecule has 2 N–H and O–H groups in total. The van der Waals surface area contributed by atoms with Crippen molar-refractivity contribution < 1.29 is 4.42 Å². The van der Waals surface area contributed by atoms with Gasteiger partial charge in [-0.15, -0.1) is 0 Å². The first-order valence-electron chi connectivity index (χ1n) is 6.96. The van der Waals surface area contributed by atoms with E-state index < -0.39 is 5.76 Å². The van der Waals surface area contributed by atoms with Gasteiger partial charge >= 0.3 is 5.76 Å². The third kappa shape index (κ3) is 3.47. The quantitative estimate of drug-likeness (QED) is 0.840. The topological polar surface area (TPSA) is 58.0 Å². The van der Waals surface area contributed by atoms with Crippen LogP contribution in [-0.2, 0) is 0 Å². The van der Waals surface area contributed by atoms with E-state index in [1.807, 2.05) is 12.1 Å². The van der Waals surface area contributed by atoms with Crippen molar-refractivity contribution in [1.82, 2.24) is 10.3 Å². The summed E-state index contributed by atoms with van der Waals surface area (Å²) in [6.45, 7) is 7.50. The lowest BCUT2D eigenvalue weighted by molar-refractivity contribution is 0.448. The van der Waals surface area contributed by atoms with Crippen molar-refractivity contribution in [3.63, 3.8) is 0 Å². The molecule has 1 heterocycles. The highest BCUT2D eigenvalue weighted by molar-refractivity contribution is 5.72. The summed E-state index contributed by atoms with van der Waals surface area (Å²) in [5.74, 6) is 0.296. The molecule has 1 aromatic heterocycles. The number of oxazole rings is 1. The summed E-state index contributed by atoms with van der Waals surface area (Å²) in [5, 5.41) is 3.50. The molecular formula is C15H22N2O2. The molecule has 2 rings (SSSR count). The molecule has 0 bridgehead atoms. The first kappa shape index (κ1) is 13.9. The minimum atomic E-state index is -0.394. The summed E-state index contributed by atoms with van der Waals surface area (Å²) in [7, 11) is 0. The molecule has 104 valence electrons. The Hall–Kier alpha value is -1.55. The lowest BCUT2D eigenvalue weighted by Crippen LogP contribution is -2.21. The Balaban J connectivity index is 2.24. The summed E-state index contributed by atoms with van der Waals surface area (Å²) in [5.41, 5.74) is 2.57. The first-order valence-corrected chi connectivity index (χ1v) is 6.96. The molecular weight excluding hydrogens is 240 g/mol. The predicted octanol–water partition coefficient (Wildman–Crippen LogP) is 3.21. The highest BCUT2D eigenvalue weighted by Crippen LogP contribution is 2.23. The first-order chi connectivity index (χ1) is 9.10. The van der Waals surface area contributed by atoms with Crippen LogP contribution >= 0.6 is 0 Å². The Morgan fingerprint density at radius 3 is 2.79 bits per heavy atom. The molecule has 4 nitrogen and oxygen atoms in total. The van der Waals surface area contributed by atoms with Gasteiger partial charge in [-0.05, 0) is 43.0 Å². The number of aromatic nitrogens is 1. The van der Waals surface area contributed by atoms with Crippen LogP contribution in [0.25, 0.3) is 11.1 Å². The molecule has 4 heteroatoms. The van der Waals surface area contributed by atoms with Crippen LogP contribution in [0.5, 0.6) is 0 Å². The molecule has 19 heavy (non-hydrogen) atoms. The number of hydrogen-bond donors (Lipinski definition) is 2. The normalized spacial score (nSPS) is 13.3. The second-order valence-electron chi connectivity index (χ2n) is 5.35. The number of hydrogen-bond acceptors (Lipinski definition) is 3. The van der Waals surface area contributed by atoms with Crippen molar-refractivity contribution in [3.8, 4) is 0 Å². The van der Waals surface area contributed by atoms with E-state index in [-0.39, 0.29) is 0 Å². The molecule has 0 saturated carbocycles. The maximum Gasteiger partial charge on any atom is 0.417 e. The molecule has 0 aliphatic carbocycles. The maximum atomic E-state index is 11.2. The molecule has 1 atom stereocenters. The van der Waals surface area contributed by atoms with E-state index in [0.717, 1.165) is 18.5 Å². The Labute approximate surface area is 113 Å². The highest BCUT2D eigenvalue weighted by Gasteiger charge is 2.12. The van der Waals surface area contributed by atoms with Crippen molar-refractivity contribution >= 4 is 11.1 Å². The van der Waals surface area contributed by atoms with Gasteiger partial charge in [-0.3, -0.25) is 4.98 Å². The van der Waals surface area contributed by atoms with Gasteiger partial charge in [0.25, 0.3) is 0 Å². The smallest absolute Gasteiger partial charge is 0.408 e. The maximum absolute atomic E-state index is 11.2. The SMILES string of the molecule is CCNC(CCC(C)C)c1ccc2[nH]c(=O)oc2c1. The lowest BCUT2D eigenvalue weighted by Gasteiger charge is -2.19. The molecule has 0 saturated heterocycles. The van der Waals surface area contributed by atoms with E-state index in [9.17, 15) is 4.79 Å². The van der Waals surface area contributed by atoms with Crippen LogP contribution in [0.1, 0.15) is 45.2 Å². The zero-order valence-electron chi connectivity index (χ0n) is 11.8. The van der Waals surface area contributed by atoms with Gasteiger partial charge in [0.05, 0.1) is 5.52 Å². The number of rotatable bonds is 6. The van der Waals surface area contributed by atoms with Crippen molar-refractivity contribution in [1.29, 1.82) is 0 Å². The molecule has 0 spiro atoms. The van der Waals surface area contributed by atoms with E-state index >= 15 is 0 Å². The fourth-order valence-electron chi connectivity index (χ4n) is 2.31. The highest BCUT2D eigenvalue weighted by atomic mass is 16.4. The Kier molecular flexibility index (Phi) is 4.43. The van der Waals surface area contributed by atoms with Crippen molar-refractivity contribution in [3.05, 3.63) is 34.3 Å². The Bertz CT molecular complexity index is 583. The second kappa shape index (κ2) is 6.06. The summed E-state index contributed by atoms with van der Waals surface area (Å²) < 4.78 is 5.12. The summed E-state index contributed by atoms with van der Waals surface area (Å²) in [4.78, 5) is 13.8. The van der Waals surface area contributed by atoms with Gasteiger partial charge in [-0.25, -0.2) is 4.79 Å². The molecule has 1 aromatic carbocycles. The molecule has 0 radical (unpaired) electrons. The third-order valence-electron chi connectivity index (χ3n) is 3.33. The molecule has 0 aliphatic rings. The standard InChI is InChI=1S/C15H22N2O2/c1-4-16-12(7-5-10(2)3)11-6-8-13-14(9-11)19-15(18)17-13/h6,8-10,12,16H,4-5,7H2,1-3H3,(H,17,18). The van der Waals surface area contributed by atoms with Crippen molar-refractivity contribution in [2.75, 3.05) is 6.54 Å². The van der Waals surface area contributed by atoms with Crippen LogP contribution in [0, 0.1) is 5.92 Å². The van der Waals surface area contributed by atoms with Gasteiger partial charge in [-0.1, -0.05) is 26.8 Å². The summed E-state index contributed by atoms with van der Waals surface area (Å²) in [6.07, 6.45) is 2.26. The van der Waals surface area contributed by atoms with Gasteiger partial charge in [0.15, 0.2) is 5.58 Å². The van der Waals surface area contributed by atoms with E-state index in [1.165, 1.54) is 12.0 Å². The van der Waals surface area contributed by atoms with Gasteiger partial charge < -0.3 is 9.73 Å². The minimum Gasteiger partial charge on any atom is -0.408 e. The molecule has 0 amide bonds. The van der Waals surface area contributed by atoms with Crippen molar-refractivity contribution in [2.24, 2.45) is 5.92 Å². The fourth-order valence-corrected chi connectivity index (χ4v) is 2.31. The minimum absolute atomic E-state index is 0.317. The lowest BCUT2D eigenvalue weighted by atomic mass is 9.97. The zero-order chi connectivity index (χ0) is 13.8. The number of nitrogens with one attached hydrogen (secondary N) is 2. The number of H-pyrrole nitrogens is 1. The predicted molar refractivity (Wildman–Crippen MR) is 77.3 cm³/mol. The van der Waals surface area contributed by atoms with Gasteiger partial charge in [-0.2, -0.15) is 0 Å². The van der Waals surface area contributed by atoms with E-state index in [1.54, 1.807) is 0 Å². The number of aromatic amines is 1. The largest absolute Gasteiger partial charge is 0.417 e. The van der Waals surface area contributed by atoms with Gasteiger partial charge in [0.1, 0.15) is 0 Å². The summed E-state index contributed by atoms with van der Waals surface area (Å²) >= 11 is 0. The van der Waals surface area contributed by atoms with Crippen LogP contribution in [0.2, 0.25) is 0 Å². The van der Waals surface area contributed by atoms with Gasteiger partial charge in [0.2, 0.25) is 0 Å². The number of fused-ring (bicyclic) bond motifs is 1. The van der Waals surface area contributed by atoms with Gasteiger partial charge in [0, 0.05) is 6.04 Å². The van der Waals surface area contributed by atoms with E-state index in [2.05, 4.69) is 37.1 Å². The average molecular weight is 262 g/mol. The average Bonchev–Trinajstić information content (AvgIpc) is 2.73. The molecule has 0 fully saturated rings. The zero-order valence-corrected chi connectivity index (χ0v) is 11.8. The number of benzene rings is 1. The van der Waals surface area contributed by atoms with Crippen LogP contribution < -0.4 is 11.1 Å². The molecule has 1 unspecified atom stereocenters. The van der Waals surface area contributed by atoms with E-state index in [4.69, 9.17) is 4.42 Å². The third-order valence-corrected chi connectivity index (χ3v) is 3.33. The molecule has 2 aromatic rings. The van der Waals surface area contributed by atoms with Crippen molar-refractivity contribution in [2.45, 2.75) is 39.7 Å². The summed E-state index contributed by atoms with van der Waals surface area (Å²) in [6, 6.07) is 6.24.